The van der Waals surface area contributed by atoms with E-state index in [2.05, 4.69) is 11.9 Å². The molecule has 0 heterocycles. The number of carbonyl (C=O) groups excluding carboxylic acids is 1. The number of aromatic carboxylic acids is 1. The minimum atomic E-state index is -0.930. The molecule has 2 N–H and O–H groups in total. The molecule has 0 fully saturated rings. The molecule has 0 saturated heterocycles. The van der Waals surface area contributed by atoms with Crippen LogP contribution in [0.1, 0.15) is 40.2 Å². The van der Waals surface area contributed by atoms with E-state index in [1.54, 1.807) is 12.1 Å². The summed E-state index contributed by atoms with van der Waals surface area (Å²) in [4.78, 5) is 22.5. The van der Waals surface area contributed by atoms with Crippen LogP contribution in [0.5, 0.6) is 0 Å². The van der Waals surface area contributed by atoms with Gasteiger partial charge in [-0.05, 0) is 42.5 Å². The molecule has 0 bridgehead atoms. The Bertz CT molecular complexity index is 553. The molecule has 0 radical (unpaired) electrons. The summed E-state index contributed by atoms with van der Waals surface area (Å²) in [6, 6.07) is 5.23. The molecule has 0 saturated carbocycles. The Labute approximate surface area is 123 Å². The Hall–Kier alpha value is -2.30. The number of nitrogens with one attached hydrogen (secondary N) is 1. The molecule has 1 aromatic rings. The highest BCUT2D eigenvalue weighted by molar-refractivity contribution is 5.88. The molecule has 0 aromatic heterocycles. The quantitative estimate of drug-likeness (QED) is 0.817. The second kappa shape index (κ2) is 6.92. The lowest BCUT2D eigenvalue weighted by atomic mass is 9.82. The zero-order chi connectivity index (χ0) is 15.2. The van der Waals surface area contributed by atoms with Gasteiger partial charge >= 0.3 is 12.1 Å². The molecule has 1 aromatic carbocycles. The zero-order valence-electron chi connectivity index (χ0n) is 11.8. The first-order valence-electron chi connectivity index (χ1n) is 6.99. The standard InChI is InChI=1S/C16H19NO4/c1-2-8-21-16(20)17-10-13-5-3-4-11-6-7-12(15(18)19)9-14(11)13/h2,6-7,9,13H,1,3-5,8,10H2,(H,17,20)(H,18,19). The van der Waals surface area contributed by atoms with Gasteiger partial charge in [0.05, 0.1) is 5.56 Å². The van der Waals surface area contributed by atoms with Crippen molar-refractivity contribution in [1.82, 2.24) is 5.32 Å². The van der Waals surface area contributed by atoms with E-state index >= 15 is 0 Å². The SMILES string of the molecule is C=CCOC(=O)NCC1CCCc2ccc(C(=O)O)cc21. The number of carboxylic acids is 1. The average Bonchev–Trinajstić information content (AvgIpc) is 2.50. The van der Waals surface area contributed by atoms with Crippen molar-refractivity contribution in [2.45, 2.75) is 25.2 Å². The number of hydrogen-bond donors (Lipinski definition) is 2. The third-order valence-electron chi connectivity index (χ3n) is 3.66. The summed E-state index contributed by atoms with van der Waals surface area (Å²) in [5.74, 6) is -0.801. The number of benzene rings is 1. The number of fused-ring (bicyclic) bond motifs is 1. The fourth-order valence-electron chi connectivity index (χ4n) is 2.63. The Morgan fingerprint density at radius 1 is 1.48 bits per heavy atom. The maximum Gasteiger partial charge on any atom is 0.407 e. The predicted octanol–water partition coefficient (Wildman–Crippen LogP) is 2.72. The van der Waals surface area contributed by atoms with Crippen molar-refractivity contribution in [3.05, 3.63) is 47.5 Å². The van der Waals surface area contributed by atoms with Gasteiger partial charge in [0.15, 0.2) is 0 Å². The molecule has 1 aliphatic carbocycles. The second-order valence-corrected chi connectivity index (χ2v) is 5.08. The van der Waals surface area contributed by atoms with Crippen LogP contribution in [0.25, 0.3) is 0 Å². The normalized spacial score (nSPS) is 16.7. The van der Waals surface area contributed by atoms with Gasteiger partial charge < -0.3 is 15.2 Å². The van der Waals surface area contributed by atoms with Gasteiger partial charge in [-0.2, -0.15) is 0 Å². The molecule has 1 atom stereocenters. The van der Waals surface area contributed by atoms with Gasteiger partial charge in [0.25, 0.3) is 0 Å². The number of alkyl carbamates (subject to hydrolysis) is 1. The number of rotatable bonds is 5. The molecular formula is C16H19NO4. The van der Waals surface area contributed by atoms with Crippen molar-refractivity contribution in [3.8, 4) is 0 Å². The highest BCUT2D eigenvalue weighted by Gasteiger charge is 2.22. The van der Waals surface area contributed by atoms with Crippen LogP contribution in [0.4, 0.5) is 4.79 Å². The third kappa shape index (κ3) is 3.84. The van der Waals surface area contributed by atoms with Crippen LogP contribution in [0, 0.1) is 0 Å². The maximum atomic E-state index is 11.5. The summed E-state index contributed by atoms with van der Waals surface area (Å²) in [5.41, 5.74) is 2.47. The van der Waals surface area contributed by atoms with E-state index in [4.69, 9.17) is 9.84 Å². The van der Waals surface area contributed by atoms with Gasteiger partial charge in [-0.25, -0.2) is 9.59 Å². The molecule has 1 aliphatic rings. The lowest BCUT2D eigenvalue weighted by molar-refractivity contribution is 0.0696. The van der Waals surface area contributed by atoms with Crippen LogP contribution in [0.15, 0.2) is 30.9 Å². The minimum absolute atomic E-state index is 0.129. The van der Waals surface area contributed by atoms with E-state index in [9.17, 15) is 9.59 Å². The number of carbonyl (C=O) groups is 2. The van der Waals surface area contributed by atoms with E-state index in [-0.39, 0.29) is 18.1 Å². The van der Waals surface area contributed by atoms with Crippen molar-refractivity contribution in [3.63, 3.8) is 0 Å². The van der Waals surface area contributed by atoms with Crippen LogP contribution in [-0.2, 0) is 11.2 Å². The van der Waals surface area contributed by atoms with Crippen LogP contribution >= 0.6 is 0 Å². The molecule has 5 nitrogen and oxygen atoms in total. The van der Waals surface area contributed by atoms with Gasteiger partial charge in [0, 0.05) is 12.5 Å². The summed E-state index contributed by atoms with van der Waals surface area (Å²) in [6.07, 6.45) is 3.95. The highest BCUT2D eigenvalue weighted by Crippen LogP contribution is 2.31. The summed E-state index contributed by atoms with van der Waals surface area (Å²) in [5, 5.41) is 11.8. The summed E-state index contributed by atoms with van der Waals surface area (Å²) in [7, 11) is 0. The first kappa shape index (κ1) is 15.1. The third-order valence-corrected chi connectivity index (χ3v) is 3.66. The summed E-state index contributed by atoms with van der Waals surface area (Å²) < 4.78 is 4.87. The Kier molecular flexibility index (Phi) is 4.98. The van der Waals surface area contributed by atoms with Gasteiger partial charge in [-0.1, -0.05) is 18.7 Å². The van der Waals surface area contributed by atoms with Crippen molar-refractivity contribution in [2.75, 3.05) is 13.2 Å². The maximum absolute atomic E-state index is 11.5. The molecule has 0 aliphatic heterocycles. The van der Waals surface area contributed by atoms with E-state index in [1.165, 1.54) is 6.08 Å². The van der Waals surface area contributed by atoms with Crippen LogP contribution in [-0.4, -0.2) is 30.3 Å². The first-order chi connectivity index (χ1) is 10.1. The molecular weight excluding hydrogens is 270 g/mol. The van der Waals surface area contributed by atoms with Crippen LogP contribution in [0.2, 0.25) is 0 Å². The minimum Gasteiger partial charge on any atom is -0.478 e. The van der Waals surface area contributed by atoms with E-state index in [1.807, 2.05) is 6.07 Å². The predicted molar refractivity (Wildman–Crippen MR) is 78.6 cm³/mol. The molecule has 2 rings (SSSR count). The van der Waals surface area contributed by atoms with Crippen LogP contribution < -0.4 is 5.32 Å². The van der Waals surface area contributed by atoms with Crippen LogP contribution in [0.3, 0.4) is 0 Å². The van der Waals surface area contributed by atoms with E-state index < -0.39 is 12.1 Å². The number of amides is 1. The van der Waals surface area contributed by atoms with Gasteiger partial charge in [-0.3, -0.25) is 0 Å². The molecule has 21 heavy (non-hydrogen) atoms. The fourth-order valence-corrected chi connectivity index (χ4v) is 2.63. The molecule has 1 amide bonds. The van der Waals surface area contributed by atoms with Crippen molar-refractivity contribution in [2.24, 2.45) is 0 Å². The second-order valence-electron chi connectivity index (χ2n) is 5.08. The molecule has 0 spiro atoms. The molecule has 5 heteroatoms. The average molecular weight is 289 g/mol. The van der Waals surface area contributed by atoms with E-state index in [0.717, 1.165) is 30.4 Å². The fraction of sp³-hybridized carbons (Fsp3) is 0.375. The lowest BCUT2D eigenvalue weighted by Gasteiger charge is -2.26. The molecule has 112 valence electrons. The van der Waals surface area contributed by atoms with Crippen molar-refractivity contribution in [1.29, 1.82) is 0 Å². The topological polar surface area (TPSA) is 75.6 Å². The highest BCUT2D eigenvalue weighted by atomic mass is 16.5. The monoisotopic (exact) mass is 289 g/mol. The molecule has 1 unspecified atom stereocenters. The largest absolute Gasteiger partial charge is 0.478 e. The lowest BCUT2D eigenvalue weighted by Crippen LogP contribution is -2.30. The number of ether oxygens (including phenoxy) is 1. The Morgan fingerprint density at radius 3 is 3.00 bits per heavy atom. The Balaban J connectivity index is 2.06. The van der Waals surface area contributed by atoms with Crippen molar-refractivity contribution < 1.29 is 19.4 Å². The van der Waals surface area contributed by atoms with Gasteiger partial charge in [0.2, 0.25) is 0 Å². The summed E-state index contributed by atoms with van der Waals surface area (Å²) in [6.45, 7) is 4.11. The van der Waals surface area contributed by atoms with Crippen molar-refractivity contribution >= 4 is 12.1 Å². The zero-order valence-corrected chi connectivity index (χ0v) is 11.8. The first-order valence-corrected chi connectivity index (χ1v) is 6.99. The van der Waals surface area contributed by atoms with E-state index in [0.29, 0.717) is 6.54 Å². The van der Waals surface area contributed by atoms with Gasteiger partial charge in [-0.15, -0.1) is 0 Å². The number of carboxylic acid groups (broad SMARTS) is 1. The summed E-state index contributed by atoms with van der Waals surface area (Å²) >= 11 is 0. The smallest absolute Gasteiger partial charge is 0.407 e. The number of aryl methyl sites for hydroxylation is 1. The van der Waals surface area contributed by atoms with Gasteiger partial charge in [0.1, 0.15) is 6.61 Å². The number of hydrogen-bond acceptors (Lipinski definition) is 3. The Morgan fingerprint density at radius 2 is 2.29 bits per heavy atom.